The number of aromatic amines is 2. The fraction of sp³-hybridized carbons (Fsp3) is 0.250. The molecule has 0 unspecified atom stereocenters. The van der Waals surface area contributed by atoms with Gasteiger partial charge in [-0.15, -0.1) is 0 Å². The molecular formula is C8H10N4O3S2. The van der Waals surface area contributed by atoms with Gasteiger partial charge in [0, 0.05) is 24.0 Å². The lowest BCUT2D eigenvalue weighted by Gasteiger charge is -2.03. The van der Waals surface area contributed by atoms with E-state index in [9.17, 15) is 13.2 Å². The van der Waals surface area contributed by atoms with Gasteiger partial charge in [-0.2, -0.15) is 5.10 Å². The molecule has 0 bridgehead atoms. The lowest BCUT2D eigenvalue weighted by molar-refractivity contribution is 0.582. The Kier molecular flexibility index (Phi) is 3.13. The standard InChI is InChI=1S/C8H10N4O3S2/c1-5-7(16-8(13)12-5)17(14,15)11-4-6-2-9-10-3-6/h2-3,11H,4H2,1H3,(H,9,10)(H,12,13). The second-order valence-corrected chi connectivity index (χ2v) is 6.30. The molecule has 17 heavy (non-hydrogen) atoms. The van der Waals surface area contributed by atoms with Crippen molar-refractivity contribution < 1.29 is 8.42 Å². The molecule has 92 valence electrons. The molecule has 0 aromatic carbocycles. The zero-order valence-corrected chi connectivity index (χ0v) is 10.5. The van der Waals surface area contributed by atoms with Crippen molar-refractivity contribution in [2.45, 2.75) is 17.7 Å². The van der Waals surface area contributed by atoms with Crippen molar-refractivity contribution >= 4 is 21.4 Å². The number of rotatable bonds is 4. The van der Waals surface area contributed by atoms with Crippen LogP contribution in [0.1, 0.15) is 11.3 Å². The van der Waals surface area contributed by atoms with Gasteiger partial charge in [-0.3, -0.25) is 9.89 Å². The van der Waals surface area contributed by atoms with E-state index in [0.717, 1.165) is 0 Å². The van der Waals surface area contributed by atoms with Crippen molar-refractivity contribution in [3.63, 3.8) is 0 Å². The minimum atomic E-state index is -3.65. The Morgan fingerprint density at radius 1 is 1.53 bits per heavy atom. The average molecular weight is 274 g/mol. The first kappa shape index (κ1) is 12.0. The molecule has 2 rings (SSSR count). The maximum atomic E-state index is 11.9. The predicted octanol–water partition coefficient (Wildman–Crippen LogP) is -0.0536. The summed E-state index contributed by atoms with van der Waals surface area (Å²) in [6.45, 7) is 1.68. The van der Waals surface area contributed by atoms with Crippen LogP contribution < -0.4 is 9.60 Å². The monoisotopic (exact) mass is 274 g/mol. The third kappa shape index (κ3) is 2.62. The summed E-state index contributed by atoms with van der Waals surface area (Å²) in [4.78, 5) is 13.1. The lowest BCUT2D eigenvalue weighted by Crippen LogP contribution is -2.22. The zero-order valence-electron chi connectivity index (χ0n) is 8.85. The van der Waals surface area contributed by atoms with Crippen LogP contribution in [0.5, 0.6) is 0 Å². The first-order valence-corrected chi connectivity index (χ1v) is 6.96. The highest BCUT2D eigenvalue weighted by Crippen LogP contribution is 2.15. The Morgan fingerprint density at radius 2 is 2.29 bits per heavy atom. The molecule has 0 aliphatic heterocycles. The maximum Gasteiger partial charge on any atom is 0.305 e. The van der Waals surface area contributed by atoms with Crippen molar-refractivity contribution in [1.29, 1.82) is 0 Å². The van der Waals surface area contributed by atoms with Gasteiger partial charge in [0.25, 0.3) is 10.0 Å². The summed E-state index contributed by atoms with van der Waals surface area (Å²) >= 11 is 0.673. The van der Waals surface area contributed by atoms with Crippen LogP contribution in [0.25, 0.3) is 0 Å². The van der Waals surface area contributed by atoms with Crippen LogP contribution in [0, 0.1) is 6.92 Å². The van der Waals surface area contributed by atoms with Crippen molar-refractivity contribution in [3.05, 3.63) is 33.3 Å². The average Bonchev–Trinajstić information content (AvgIpc) is 2.85. The molecule has 0 radical (unpaired) electrons. The van der Waals surface area contributed by atoms with Crippen LogP contribution in [0.2, 0.25) is 0 Å². The highest BCUT2D eigenvalue weighted by atomic mass is 32.2. The van der Waals surface area contributed by atoms with Gasteiger partial charge >= 0.3 is 4.87 Å². The van der Waals surface area contributed by atoms with Gasteiger partial charge in [-0.25, -0.2) is 13.1 Å². The van der Waals surface area contributed by atoms with E-state index >= 15 is 0 Å². The van der Waals surface area contributed by atoms with Crippen molar-refractivity contribution in [1.82, 2.24) is 19.9 Å². The molecule has 0 atom stereocenters. The van der Waals surface area contributed by atoms with E-state index in [0.29, 0.717) is 22.6 Å². The smallest absolute Gasteiger partial charge is 0.305 e. The Labute approximate surface area is 101 Å². The molecule has 7 nitrogen and oxygen atoms in total. The summed E-state index contributed by atoms with van der Waals surface area (Å²) < 4.78 is 26.2. The summed E-state index contributed by atoms with van der Waals surface area (Å²) in [6, 6.07) is 0. The SMILES string of the molecule is Cc1[nH]c(=O)sc1S(=O)(=O)NCc1cn[nH]c1. The summed E-state index contributed by atoms with van der Waals surface area (Å²) in [7, 11) is -3.65. The quantitative estimate of drug-likeness (QED) is 0.726. The second-order valence-electron chi connectivity index (χ2n) is 3.36. The summed E-state index contributed by atoms with van der Waals surface area (Å²) in [6.07, 6.45) is 3.11. The fourth-order valence-electron chi connectivity index (χ4n) is 1.26. The lowest BCUT2D eigenvalue weighted by atomic mass is 10.4. The fourth-order valence-corrected chi connectivity index (χ4v) is 3.63. The molecular weight excluding hydrogens is 264 g/mol. The molecule has 0 spiro atoms. The topological polar surface area (TPSA) is 108 Å². The molecule has 9 heteroatoms. The Morgan fingerprint density at radius 3 is 2.82 bits per heavy atom. The Hall–Kier alpha value is -1.45. The Balaban J connectivity index is 2.20. The second kappa shape index (κ2) is 4.43. The van der Waals surface area contributed by atoms with Crippen LogP contribution in [-0.4, -0.2) is 23.6 Å². The van der Waals surface area contributed by atoms with Crippen LogP contribution in [0.3, 0.4) is 0 Å². The molecule has 2 aromatic heterocycles. The van der Waals surface area contributed by atoms with Gasteiger partial charge in [0.1, 0.15) is 0 Å². The number of aryl methyl sites for hydroxylation is 1. The number of nitrogens with one attached hydrogen (secondary N) is 3. The van der Waals surface area contributed by atoms with E-state index in [-0.39, 0.29) is 15.6 Å². The van der Waals surface area contributed by atoms with Crippen LogP contribution in [0.4, 0.5) is 0 Å². The number of hydrogen-bond acceptors (Lipinski definition) is 5. The molecule has 0 fully saturated rings. The van der Waals surface area contributed by atoms with E-state index in [1.165, 1.54) is 6.20 Å². The molecule has 0 amide bonds. The number of nitrogens with zero attached hydrogens (tertiary/aromatic N) is 1. The van der Waals surface area contributed by atoms with Crippen LogP contribution >= 0.6 is 11.3 Å². The molecule has 3 N–H and O–H groups in total. The van der Waals surface area contributed by atoms with Gasteiger partial charge in [-0.1, -0.05) is 11.3 Å². The summed E-state index contributed by atoms with van der Waals surface area (Å²) in [5, 5.41) is 6.29. The molecule has 0 aliphatic carbocycles. The van der Waals surface area contributed by atoms with Gasteiger partial charge in [0.2, 0.25) is 0 Å². The van der Waals surface area contributed by atoms with Crippen LogP contribution in [-0.2, 0) is 16.6 Å². The van der Waals surface area contributed by atoms with E-state index in [1.807, 2.05) is 0 Å². The zero-order chi connectivity index (χ0) is 12.5. The van der Waals surface area contributed by atoms with E-state index in [2.05, 4.69) is 19.9 Å². The van der Waals surface area contributed by atoms with Crippen molar-refractivity contribution in [2.75, 3.05) is 0 Å². The van der Waals surface area contributed by atoms with E-state index < -0.39 is 10.0 Å². The minimum Gasteiger partial charge on any atom is -0.315 e. The van der Waals surface area contributed by atoms with Gasteiger partial charge in [-0.05, 0) is 6.92 Å². The maximum absolute atomic E-state index is 11.9. The van der Waals surface area contributed by atoms with Gasteiger partial charge in [0.05, 0.1) is 6.20 Å². The highest BCUT2D eigenvalue weighted by molar-refractivity contribution is 7.91. The molecule has 0 aliphatic rings. The predicted molar refractivity (Wildman–Crippen MR) is 62.3 cm³/mol. The summed E-state index contributed by atoms with van der Waals surface area (Å²) in [5.41, 5.74) is 1.06. The number of hydrogen-bond donors (Lipinski definition) is 3. The molecule has 2 aromatic rings. The number of sulfonamides is 1. The van der Waals surface area contributed by atoms with E-state index in [1.54, 1.807) is 13.1 Å². The van der Waals surface area contributed by atoms with Crippen LogP contribution in [0.15, 0.2) is 21.4 Å². The number of H-pyrrole nitrogens is 2. The van der Waals surface area contributed by atoms with Gasteiger partial charge < -0.3 is 4.98 Å². The summed E-state index contributed by atoms with van der Waals surface area (Å²) in [5.74, 6) is 0. The molecule has 0 saturated heterocycles. The number of thiazole rings is 1. The van der Waals surface area contributed by atoms with E-state index in [4.69, 9.17) is 0 Å². The normalized spacial score (nSPS) is 11.8. The largest absolute Gasteiger partial charge is 0.315 e. The van der Waals surface area contributed by atoms with Crippen molar-refractivity contribution in [3.8, 4) is 0 Å². The first-order chi connectivity index (χ1) is 7.99. The Bertz CT molecular complexity index is 653. The number of aromatic nitrogens is 3. The minimum absolute atomic E-state index is 0.0194. The molecule has 2 heterocycles. The third-order valence-electron chi connectivity index (χ3n) is 2.05. The van der Waals surface area contributed by atoms with Crippen molar-refractivity contribution in [2.24, 2.45) is 0 Å². The van der Waals surface area contributed by atoms with Gasteiger partial charge in [0.15, 0.2) is 4.21 Å². The molecule has 0 saturated carbocycles. The first-order valence-electron chi connectivity index (χ1n) is 4.66. The third-order valence-corrected chi connectivity index (χ3v) is 5.05. The highest BCUT2D eigenvalue weighted by Gasteiger charge is 2.20.